The number of carbonyl (C=O) groups excluding carboxylic acids is 2. The number of rotatable bonds is 5. The summed E-state index contributed by atoms with van der Waals surface area (Å²) in [4.78, 5) is 28.0. The molecule has 1 aliphatic heterocycles. The maximum Gasteiger partial charge on any atom is 0.471 e. The molecule has 1 amide bonds. The lowest BCUT2D eigenvalue weighted by Crippen LogP contribution is -2.45. The van der Waals surface area contributed by atoms with E-state index in [1.807, 2.05) is 60.7 Å². The third kappa shape index (κ3) is 5.28. The molecule has 0 aromatic heterocycles. The van der Waals surface area contributed by atoms with E-state index >= 15 is 0 Å². The third-order valence-corrected chi connectivity index (χ3v) is 7.67. The van der Waals surface area contributed by atoms with Crippen LogP contribution in [-0.4, -0.2) is 17.9 Å². The van der Waals surface area contributed by atoms with Gasteiger partial charge in [0.25, 0.3) is 0 Å². The highest BCUT2D eigenvalue weighted by Crippen LogP contribution is 2.50. The van der Waals surface area contributed by atoms with Crippen LogP contribution in [0, 0.1) is 0 Å². The molecule has 0 unspecified atom stereocenters. The molecule has 0 radical (unpaired) electrons. The van der Waals surface area contributed by atoms with E-state index < -0.39 is 18.1 Å². The monoisotopic (exact) mass is 568 g/mol. The van der Waals surface area contributed by atoms with Gasteiger partial charge in [0.2, 0.25) is 0 Å². The molecule has 2 aliphatic rings. The largest absolute Gasteiger partial charge is 0.489 e. The number of ketones is 1. The van der Waals surface area contributed by atoms with Gasteiger partial charge in [-0.2, -0.15) is 13.2 Å². The summed E-state index contributed by atoms with van der Waals surface area (Å²) in [6.07, 6.45) is -4.71. The number of amides is 1. The molecule has 1 N–H and O–H groups in total. The highest BCUT2D eigenvalue weighted by Gasteiger charge is 2.50. The molecule has 4 aromatic carbocycles. The van der Waals surface area contributed by atoms with E-state index in [1.54, 1.807) is 42.5 Å². The van der Waals surface area contributed by atoms with Crippen LogP contribution in [0.2, 0.25) is 0 Å². The number of carbonyl (C=O) groups is 2. The minimum atomic E-state index is -5.19. The Bertz CT molecular complexity index is 1650. The Morgan fingerprint density at radius 1 is 0.833 bits per heavy atom. The van der Waals surface area contributed by atoms with Gasteiger partial charge in [0, 0.05) is 23.3 Å². The molecule has 1 heterocycles. The third-order valence-electron chi connectivity index (χ3n) is 7.67. The lowest BCUT2D eigenvalue weighted by Gasteiger charge is -2.36. The molecule has 0 spiro atoms. The number of ether oxygens (including phenoxy) is 1. The van der Waals surface area contributed by atoms with Crippen molar-refractivity contribution in [2.24, 2.45) is 0 Å². The number of nitrogens with one attached hydrogen (secondary N) is 1. The molecule has 42 heavy (non-hydrogen) atoms. The second-order valence-electron chi connectivity index (χ2n) is 10.4. The number of alkyl halides is 3. The Morgan fingerprint density at radius 2 is 1.48 bits per heavy atom. The fraction of sp³-hybridized carbons (Fsp3) is 0.176. The van der Waals surface area contributed by atoms with Crippen molar-refractivity contribution < 1.29 is 27.5 Å². The zero-order valence-corrected chi connectivity index (χ0v) is 22.5. The van der Waals surface area contributed by atoms with Gasteiger partial charge in [0.15, 0.2) is 5.78 Å². The lowest BCUT2D eigenvalue weighted by molar-refractivity contribution is -0.170. The highest BCUT2D eigenvalue weighted by molar-refractivity contribution is 6.08. The SMILES string of the molecule is O=C1C[C@@H](c2ccccc2)CC2=C1[C@H](c1ccccc1OCc1ccccc1)N(C(=O)C(F)(F)F)c1ccccc1N2. The molecule has 0 bridgehead atoms. The van der Waals surface area contributed by atoms with Crippen LogP contribution in [0.25, 0.3) is 0 Å². The number of para-hydroxylation sites is 3. The van der Waals surface area contributed by atoms with Crippen molar-refractivity contribution in [2.45, 2.75) is 37.6 Å². The quantitative estimate of drug-likeness (QED) is 0.268. The Morgan fingerprint density at radius 3 is 2.21 bits per heavy atom. The van der Waals surface area contributed by atoms with Gasteiger partial charge in [-0.05, 0) is 41.7 Å². The summed E-state index contributed by atoms with van der Waals surface area (Å²) < 4.78 is 49.0. The molecule has 0 fully saturated rings. The fourth-order valence-electron chi connectivity index (χ4n) is 5.78. The Kier molecular flexibility index (Phi) is 7.29. The van der Waals surface area contributed by atoms with Crippen molar-refractivity contribution in [3.63, 3.8) is 0 Å². The molecule has 5 nitrogen and oxygen atoms in total. The summed E-state index contributed by atoms with van der Waals surface area (Å²) in [5, 5.41) is 3.26. The van der Waals surface area contributed by atoms with E-state index in [0.717, 1.165) is 11.1 Å². The van der Waals surface area contributed by atoms with Gasteiger partial charge in [-0.15, -0.1) is 0 Å². The first-order valence-electron chi connectivity index (χ1n) is 13.6. The number of hydrogen-bond acceptors (Lipinski definition) is 4. The molecule has 212 valence electrons. The van der Waals surface area contributed by atoms with Crippen LogP contribution in [-0.2, 0) is 16.2 Å². The van der Waals surface area contributed by atoms with Crippen LogP contribution in [0.15, 0.2) is 120 Å². The average molecular weight is 569 g/mol. The average Bonchev–Trinajstić information content (AvgIpc) is 3.15. The number of hydrogen-bond donors (Lipinski definition) is 1. The van der Waals surface area contributed by atoms with E-state index in [9.17, 15) is 22.8 Å². The number of anilines is 2. The second-order valence-corrected chi connectivity index (χ2v) is 10.4. The zero-order valence-electron chi connectivity index (χ0n) is 22.5. The van der Waals surface area contributed by atoms with Crippen LogP contribution in [0.1, 0.15) is 41.5 Å². The van der Waals surface area contributed by atoms with E-state index in [-0.39, 0.29) is 41.7 Å². The molecule has 4 aromatic rings. The molecule has 0 saturated carbocycles. The first-order chi connectivity index (χ1) is 20.3. The number of allylic oxidation sites excluding steroid dienone is 1. The van der Waals surface area contributed by atoms with E-state index in [4.69, 9.17) is 4.74 Å². The van der Waals surface area contributed by atoms with Gasteiger partial charge in [-0.1, -0.05) is 91.0 Å². The summed E-state index contributed by atoms with van der Waals surface area (Å²) >= 11 is 0. The molecular formula is C34H27F3N2O3. The predicted molar refractivity (Wildman–Crippen MR) is 154 cm³/mol. The van der Waals surface area contributed by atoms with Gasteiger partial charge in [0.1, 0.15) is 12.4 Å². The second kappa shape index (κ2) is 11.2. The number of halogens is 3. The Hall–Kier alpha value is -4.85. The van der Waals surface area contributed by atoms with E-state index in [1.165, 1.54) is 6.07 Å². The summed E-state index contributed by atoms with van der Waals surface area (Å²) in [5.74, 6) is -2.28. The first-order valence-corrected chi connectivity index (χ1v) is 13.6. The minimum absolute atomic E-state index is 0.0288. The molecule has 6 rings (SSSR count). The van der Waals surface area contributed by atoms with Gasteiger partial charge in [-0.25, -0.2) is 0 Å². The van der Waals surface area contributed by atoms with Crippen LogP contribution < -0.4 is 15.0 Å². The fourth-order valence-corrected chi connectivity index (χ4v) is 5.78. The van der Waals surface area contributed by atoms with Crippen LogP contribution in [0.5, 0.6) is 5.75 Å². The summed E-state index contributed by atoms with van der Waals surface area (Å²) in [6.45, 7) is 0.155. The Balaban J connectivity index is 1.54. The topological polar surface area (TPSA) is 58.6 Å². The molecule has 2 atom stereocenters. The van der Waals surface area contributed by atoms with Crippen molar-refractivity contribution in [1.82, 2.24) is 0 Å². The van der Waals surface area contributed by atoms with Gasteiger partial charge >= 0.3 is 12.1 Å². The number of benzene rings is 4. The van der Waals surface area contributed by atoms with Crippen molar-refractivity contribution in [3.8, 4) is 5.75 Å². The smallest absolute Gasteiger partial charge is 0.471 e. The normalized spacial score (nSPS) is 18.5. The van der Waals surface area contributed by atoms with Crippen molar-refractivity contribution in [1.29, 1.82) is 0 Å². The van der Waals surface area contributed by atoms with Crippen LogP contribution >= 0.6 is 0 Å². The Labute approximate surface area is 241 Å². The summed E-state index contributed by atoms with van der Waals surface area (Å²) in [5.41, 5.74) is 3.09. The molecular weight excluding hydrogens is 541 g/mol. The number of nitrogens with zero attached hydrogens (tertiary/aromatic N) is 1. The maximum atomic E-state index is 14.3. The van der Waals surface area contributed by atoms with Crippen LogP contribution in [0.3, 0.4) is 0 Å². The number of fused-ring (bicyclic) bond motifs is 1. The minimum Gasteiger partial charge on any atom is -0.489 e. The maximum absolute atomic E-state index is 14.3. The lowest BCUT2D eigenvalue weighted by atomic mass is 9.78. The van der Waals surface area contributed by atoms with E-state index in [0.29, 0.717) is 28.3 Å². The summed E-state index contributed by atoms with van der Waals surface area (Å²) in [6, 6.07) is 30.5. The predicted octanol–water partition coefficient (Wildman–Crippen LogP) is 7.73. The van der Waals surface area contributed by atoms with Crippen LogP contribution in [0.4, 0.5) is 24.5 Å². The highest BCUT2D eigenvalue weighted by atomic mass is 19.4. The molecule has 1 aliphatic carbocycles. The zero-order chi connectivity index (χ0) is 29.3. The van der Waals surface area contributed by atoms with Gasteiger partial charge in [0.05, 0.1) is 17.4 Å². The van der Waals surface area contributed by atoms with E-state index in [2.05, 4.69) is 5.32 Å². The van der Waals surface area contributed by atoms with Gasteiger partial charge in [-0.3, -0.25) is 14.5 Å². The van der Waals surface area contributed by atoms with Crippen molar-refractivity contribution in [2.75, 3.05) is 10.2 Å². The van der Waals surface area contributed by atoms with Crippen molar-refractivity contribution in [3.05, 3.63) is 137 Å². The van der Waals surface area contributed by atoms with Crippen molar-refractivity contribution >= 4 is 23.1 Å². The first kappa shape index (κ1) is 27.3. The standard InChI is InChI=1S/C34H27F3N2O3/c35-34(36,37)33(41)39-28-17-9-8-16-26(28)38-27-19-24(23-13-5-2-6-14-23)20-29(40)31(27)32(39)25-15-7-10-18-30(25)42-21-22-11-3-1-4-12-22/h1-18,24,32,38H,19-21H2/t24-,32-/m0/s1. The molecule has 0 saturated heterocycles. The number of Topliss-reactive ketones (excluding diaryl/α,β-unsaturated/α-hetero) is 1. The van der Waals surface area contributed by atoms with Gasteiger partial charge < -0.3 is 10.1 Å². The molecule has 8 heteroatoms. The summed E-state index contributed by atoms with van der Waals surface area (Å²) in [7, 11) is 0.